The van der Waals surface area contributed by atoms with Crippen molar-refractivity contribution < 1.29 is 14.7 Å². The lowest BCUT2D eigenvalue weighted by Gasteiger charge is -2.13. The average Bonchev–Trinajstić information content (AvgIpc) is 2.42. The number of nitrogens with one attached hydrogen (secondary N) is 2. The maximum Gasteiger partial charge on any atom is 0.359 e. The topological polar surface area (TPSA) is 111 Å². The number of alkyl halides is 1. The lowest BCUT2D eigenvalue weighted by Crippen LogP contribution is -2.47. The molecule has 1 aromatic rings. The van der Waals surface area contributed by atoms with E-state index in [1.807, 2.05) is 5.43 Å². The molecular weight excluding hydrogens is 276 g/mol. The van der Waals surface area contributed by atoms with Crippen LogP contribution in [0.1, 0.15) is 10.4 Å². The van der Waals surface area contributed by atoms with Gasteiger partial charge in [0.2, 0.25) is 0 Å². The number of carbonyl (C=O) groups is 2. The van der Waals surface area contributed by atoms with Gasteiger partial charge < -0.3 is 5.11 Å². The van der Waals surface area contributed by atoms with Crippen LogP contribution >= 0.6 is 11.6 Å². The Labute approximate surface area is 113 Å². The Kier molecular flexibility index (Phi) is 5.55. The molecule has 0 heterocycles. The van der Waals surface area contributed by atoms with E-state index in [2.05, 4.69) is 10.7 Å². The second-order valence-electron chi connectivity index (χ2n) is 3.32. The van der Waals surface area contributed by atoms with Crippen LogP contribution in [-0.4, -0.2) is 34.5 Å². The monoisotopic (exact) mass is 286 g/mol. The minimum absolute atomic E-state index is 0.0130. The quantitative estimate of drug-likeness (QED) is 0.435. The number of aromatic hydroxyl groups is 1. The molecule has 0 unspecified atom stereocenters. The molecular formula is C10H11ClN4O4. The maximum atomic E-state index is 11.6. The van der Waals surface area contributed by atoms with Gasteiger partial charge in [0.05, 0.1) is 11.8 Å². The Morgan fingerprint density at radius 2 is 1.89 bits per heavy atom. The molecule has 3 amide bonds. The minimum atomic E-state index is -0.900. The highest BCUT2D eigenvalue weighted by Gasteiger charge is 2.14. The number of benzene rings is 1. The Morgan fingerprint density at radius 3 is 2.42 bits per heavy atom. The molecule has 0 fully saturated rings. The normalized spacial score (nSPS) is 9.53. The summed E-state index contributed by atoms with van der Waals surface area (Å²) in [6.45, 7) is -0.0774. The zero-order valence-corrected chi connectivity index (χ0v) is 10.4. The Hall–Kier alpha value is -2.35. The summed E-state index contributed by atoms with van der Waals surface area (Å²) in [4.78, 5) is 33.2. The van der Waals surface area contributed by atoms with Crippen LogP contribution in [0.4, 0.5) is 4.79 Å². The van der Waals surface area contributed by atoms with Crippen LogP contribution < -0.4 is 10.9 Å². The van der Waals surface area contributed by atoms with Crippen LogP contribution in [0.3, 0.4) is 0 Å². The maximum absolute atomic E-state index is 11.6. The first kappa shape index (κ1) is 14.7. The standard InChI is InChI=1S/C10H11ClN4O4/c11-5-6-15(14-19)10(18)13-12-9(17)7-1-3-8(16)4-2-7/h1-4,16H,5-6H2,(H,12,17)(H,13,18). The van der Waals surface area contributed by atoms with E-state index in [-0.39, 0.29) is 23.7 Å². The molecule has 3 N–H and O–H groups in total. The molecule has 19 heavy (non-hydrogen) atoms. The van der Waals surface area contributed by atoms with Crippen molar-refractivity contribution in [2.75, 3.05) is 12.4 Å². The number of hydrogen-bond donors (Lipinski definition) is 3. The lowest BCUT2D eigenvalue weighted by molar-refractivity contribution is 0.0930. The fourth-order valence-corrected chi connectivity index (χ4v) is 1.28. The van der Waals surface area contributed by atoms with Gasteiger partial charge >= 0.3 is 6.03 Å². The predicted molar refractivity (Wildman–Crippen MR) is 67.3 cm³/mol. The first-order chi connectivity index (χ1) is 9.08. The van der Waals surface area contributed by atoms with Crippen LogP contribution in [0.2, 0.25) is 0 Å². The van der Waals surface area contributed by atoms with Crippen molar-refractivity contribution in [2.24, 2.45) is 5.29 Å². The van der Waals surface area contributed by atoms with Crippen molar-refractivity contribution in [1.82, 2.24) is 15.9 Å². The number of nitrogens with zero attached hydrogens (tertiary/aromatic N) is 2. The van der Waals surface area contributed by atoms with Crippen LogP contribution in [0.5, 0.6) is 5.75 Å². The van der Waals surface area contributed by atoms with E-state index in [9.17, 15) is 14.5 Å². The van der Waals surface area contributed by atoms with Gasteiger partial charge in [0.1, 0.15) is 5.75 Å². The van der Waals surface area contributed by atoms with Crippen molar-refractivity contribution in [3.8, 4) is 5.75 Å². The van der Waals surface area contributed by atoms with Gasteiger partial charge in [-0.1, -0.05) is 0 Å². The van der Waals surface area contributed by atoms with Crippen molar-refractivity contribution in [3.05, 3.63) is 34.7 Å². The predicted octanol–water partition coefficient (Wildman–Crippen LogP) is 0.969. The molecule has 0 atom stereocenters. The fourth-order valence-electron chi connectivity index (χ4n) is 1.12. The first-order valence-electron chi connectivity index (χ1n) is 5.14. The largest absolute Gasteiger partial charge is 0.508 e. The number of carbonyl (C=O) groups excluding carboxylic acids is 2. The summed E-state index contributed by atoms with van der Waals surface area (Å²) in [6, 6.07) is 4.48. The number of nitroso groups, excluding NO2 is 1. The number of amides is 3. The third kappa shape index (κ3) is 4.43. The van der Waals surface area contributed by atoms with E-state index in [1.165, 1.54) is 24.3 Å². The molecule has 1 aromatic carbocycles. The molecule has 0 bridgehead atoms. The molecule has 0 radical (unpaired) electrons. The van der Waals surface area contributed by atoms with E-state index in [1.54, 1.807) is 0 Å². The Morgan fingerprint density at radius 1 is 1.26 bits per heavy atom. The van der Waals surface area contributed by atoms with E-state index >= 15 is 0 Å². The van der Waals surface area contributed by atoms with Crippen molar-refractivity contribution in [3.63, 3.8) is 0 Å². The number of urea groups is 1. The summed E-state index contributed by atoms with van der Waals surface area (Å²) in [6.07, 6.45) is 0. The molecule has 0 aromatic heterocycles. The van der Waals surface area contributed by atoms with Crippen LogP contribution in [-0.2, 0) is 0 Å². The summed E-state index contributed by atoms with van der Waals surface area (Å²) in [5.41, 5.74) is 4.31. The van der Waals surface area contributed by atoms with Crippen molar-refractivity contribution >= 4 is 23.5 Å². The van der Waals surface area contributed by atoms with E-state index < -0.39 is 11.9 Å². The summed E-state index contributed by atoms with van der Waals surface area (Å²) in [5, 5.41) is 12.0. The lowest BCUT2D eigenvalue weighted by atomic mass is 10.2. The van der Waals surface area contributed by atoms with Crippen molar-refractivity contribution in [1.29, 1.82) is 0 Å². The summed E-state index contributed by atoms with van der Waals surface area (Å²) < 4.78 is 0. The van der Waals surface area contributed by atoms with E-state index in [4.69, 9.17) is 16.7 Å². The van der Waals surface area contributed by atoms with Gasteiger partial charge in [-0.05, 0) is 24.3 Å². The second-order valence-corrected chi connectivity index (χ2v) is 3.70. The van der Waals surface area contributed by atoms with Gasteiger partial charge in [0.15, 0.2) is 0 Å². The highest BCUT2D eigenvalue weighted by Crippen LogP contribution is 2.08. The van der Waals surface area contributed by atoms with Crippen LogP contribution in [0, 0.1) is 4.91 Å². The van der Waals surface area contributed by atoms with Crippen LogP contribution in [0.25, 0.3) is 0 Å². The highest BCUT2D eigenvalue weighted by molar-refractivity contribution is 6.18. The Bertz CT molecular complexity index is 465. The molecule has 0 saturated carbocycles. The highest BCUT2D eigenvalue weighted by atomic mass is 35.5. The summed E-state index contributed by atoms with van der Waals surface area (Å²) in [7, 11) is 0. The SMILES string of the molecule is O=NN(CCCl)C(=O)NNC(=O)c1ccc(O)cc1. The van der Waals surface area contributed by atoms with Gasteiger partial charge in [-0.3, -0.25) is 10.2 Å². The number of phenols is 1. The van der Waals surface area contributed by atoms with Gasteiger partial charge in [0.25, 0.3) is 5.91 Å². The van der Waals surface area contributed by atoms with Crippen molar-refractivity contribution in [2.45, 2.75) is 0 Å². The Balaban J connectivity index is 2.52. The third-order valence-corrected chi connectivity index (χ3v) is 2.21. The molecule has 9 heteroatoms. The molecule has 0 spiro atoms. The number of hydrazine groups is 1. The minimum Gasteiger partial charge on any atom is -0.508 e. The molecule has 102 valence electrons. The van der Waals surface area contributed by atoms with Gasteiger partial charge in [-0.2, -0.15) is 5.01 Å². The molecule has 0 aliphatic carbocycles. The third-order valence-electron chi connectivity index (χ3n) is 2.04. The molecule has 0 saturated heterocycles. The van der Waals surface area contributed by atoms with E-state index in [0.717, 1.165) is 0 Å². The second kappa shape index (κ2) is 7.17. The molecule has 0 aliphatic heterocycles. The number of halogens is 1. The fraction of sp³-hybridized carbons (Fsp3) is 0.200. The summed E-state index contributed by atoms with van der Waals surface area (Å²) in [5.74, 6) is -0.561. The molecule has 0 aliphatic rings. The molecule has 1 rings (SSSR count). The van der Waals surface area contributed by atoms with Gasteiger partial charge in [-0.25, -0.2) is 10.2 Å². The van der Waals surface area contributed by atoms with Gasteiger partial charge in [-0.15, -0.1) is 16.5 Å². The average molecular weight is 287 g/mol. The first-order valence-corrected chi connectivity index (χ1v) is 5.68. The zero-order chi connectivity index (χ0) is 14.3. The number of phenolic OH excluding ortho intramolecular Hbond substituents is 1. The summed E-state index contributed by atoms with van der Waals surface area (Å²) >= 11 is 5.36. The smallest absolute Gasteiger partial charge is 0.359 e. The molecule has 8 nitrogen and oxygen atoms in total. The zero-order valence-electron chi connectivity index (χ0n) is 9.67. The van der Waals surface area contributed by atoms with Gasteiger partial charge in [0, 0.05) is 11.4 Å². The van der Waals surface area contributed by atoms with E-state index in [0.29, 0.717) is 5.01 Å². The van der Waals surface area contributed by atoms with Crippen LogP contribution in [0.15, 0.2) is 29.6 Å². The number of hydrogen-bond acceptors (Lipinski definition) is 5. The number of rotatable bonds is 4.